The Hall–Kier alpha value is -2.68. The van der Waals surface area contributed by atoms with Crippen LogP contribution in [0.3, 0.4) is 0 Å². The summed E-state index contributed by atoms with van der Waals surface area (Å²) in [7, 11) is 2.13. The second-order valence-corrected chi connectivity index (χ2v) is 4.58. The lowest BCUT2D eigenvalue weighted by Crippen LogP contribution is -2.18. The maximum atomic E-state index is 13.9. The SMILES string of the molecule is COC(=O)C(=CNc1ccc(F)c(F)c1OCC(C)O)C(=O)OC. The van der Waals surface area contributed by atoms with Gasteiger partial charge in [0.1, 0.15) is 6.61 Å². The number of aliphatic hydroxyl groups is 1. The fourth-order valence-electron chi connectivity index (χ4n) is 1.56. The van der Waals surface area contributed by atoms with Crippen LogP contribution >= 0.6 is 0 Å². The molecule has 0 aromatic heterocycles. The summed E-state index contributed by atoms with van der Waals surface area (Å²) in [5.41, 5.74) is -0.564. The predicted molar refractivity (Wildman–Crippen MR) is 79.3 cm³/mol. The molecule has 1 atom stereocenters. The van der Waals surface area contributed by atoms with Gasteiger partial charge in [-0.05, 0) is 19.1 Å². The number of anilines is 1. The van der Waals surface area contributed by atoms with Gasteiger partial charge in [-0.1, -0.05) is 0 Å². The lowest BCUT2D eigenvalue weighted by molar-refractivity contribution is -0.144. The summed E-state index contributed by atoms with van der Waals surface area (Å²) >= 11 is 0. The second kappa shape index (κ2) is 8.82. The molecule has 0 bridgehead atoms. The normalized spacial score (nSPS) is 11.2. The van der Waals surface area contributed by atoms with Crippen molar-refractivity contribution in [2.45, 2.75) is 13.0 Å². The summed E-state index contributed by atoms with van der Waals surface area (Å²) in [4.78, 5) is 23.0. The molecule has 0 saturated carbocycles. The van der Waals surface area contributed by atoms with E-state index in [-0.39, 0.29) is 12.3 Å². The summed E-state index contributed by atoms with van der Waals surface area (Å²) in [6.07, 6.45) is -0.00342. The Labute approximate surface area is 136 Å². The Morgan fingerprint density at radius 3 is 2.33 bits per heavy atom. The van der Waals surface area contributed by atoms with Gasteiger partial charge in [0.2, 0.25) is 5.82 Å². The smallest absolute Gasteiger partial charge is 0.346 e. The molecule has 0 saturated heterocycles. The van der Waals surface area contributed by atoms with Crippen LogP contribution in [-0.2, 0) is 19.1 Å². The highest BCUT2D eigenvalue weighted by Gasteiger charge is 2.21. The van der Waals surface area contributed by atoms with Crippen molar-refractivity contribution in [1.29, 1.82) is 0 Å². The first-order valence-electron chi connectivity index (χ1n) is 6.74. The average molecular weight is 345 g/mol. The summed E-state index contributed by atoms with van der Waals surface area (Å²) in [6, 6.07) is 1.97. The molecule has 0 spiro atoms. The molecule has 1 unspecified atom stereocenters. The van der Waals surface area contributed by atoms with E-state index in [1.54, 1.807) is 0 Å². The largest absolute Gasteiger partial charge is 0.486 e. The van der Waals surface area contributed by atoms with Gasteiger partial charge in [0, 0.05) is 6.20 Å². The van der Waals surface area contributed by atoms with Crippen LogP contribution in [0.2, 0.25) is 0 Å². The third-order valence-electron chi connectivity index (χ3n) is 2.70. The third-order valence-corrected chi connectivity index (χ3v) is 2.70. The standard InChI is InChI=1S/C15H17F2NO6/c1-8(19)7-24-13-11(5-4-10(16)12(13)17)18-6-9(14(20)22-2)15(21)23-3/h4-6,8,18-19H,7H2,1-3H3. The highest BCUT2D eigenvalue weighted by atomic mass is 19.2. The van der Waals surface area contributed by atoms with Crippen LogP contribution in [0.25, 0.3) is 0 Å². The second-order valence-electron chi connectivity index (χ2n) is 4.58. The highest BCUT2D eigenvalue weighted by Crippen LogP contribution is 2.30. The lowest BCUT2D eigenvalue weighted by Gasteiger charge is -2.14. The van der Waals surface area contributed by atoms with Crippen LogP contribution in [0.4, 0.5) is 14.5 Å². The van der Waals surface area contributed by atoms with Gasteiger partial charge in [-0.2, -0.15) is 4.39 Å². The molecular formula is C15H17F2NO6. The molecule has 0 aliphatic rings. The van der Waals surface area contributed by atoms with Crippen molar-refractivity contribution >= 4 is 17.6 Å². The minimum absolute atomic E-state index is 0.0696. The number of hydrogen-bond acceptors (Lipinski definition) is 7. The van der Waals surface area contributed by atoms with Crippen molar-refractivity contribution in [1.82, 2.24) is 0 Å². The number of methoxy groups -OCH3 is 2. The number of carbonyl (C=O) groups is 2. The Morgan fingerprint density at radius 2 is 1.83 bits per heavy atom. The topological polar surface area (TPSA) is 94.1 Å². The summed E-state index contributed by atoms with van der Waals surface area (Å²) in [5.74, 6) is -4.92. The number of ether oxygens (including phenoxy) is 3. The molecule has 1 rings (SSSR count). The minimum atomic E-state index is -1.29. The van der Waals surface area contributed by atoms with Gasteiger partial charge in [0.15, 0.2) is 17.1 Å². The zero-order chi connectivity index (χ0) is 18.3. The summed E-state index contributed by atoms with van der Waals surface area (Å²) in [5, 5.41) is 11.7. The molecule has 0 aliphatic heterocycles. The Kier molecular flexibility index (Phi) is 7.12. The molecule has 0 radical (unpaired) electrons. The van der Waals surface area contributed by atoms with Gasteiger partial charge in [-0.25, -0.2) is 14.0 Å². The maximum Gasteiger partial charge on any atom is 0.346 e. The number of halogens is 2. The average Bonchev–Trinajstić information content (AvgIpc) is 2.56. The fraction of sp³-hybridized carbons (Fsp3) is 0.333. The maximum absolute atomic E-state index is 13.9. The number of carbonyl (C=O) groups excluding carboxylic acids is 2. The number of aliphatic hydroxyl groups excluding tert-OH is 1. The quantitative estimate of drug-likeness (QED) is 0.334. The van der Waals surface area contributed by atoms with E-state index in [2.05, 4.69) is 14.8 Å². The van der Waals surface area contributed by atoms with E-state index in [1.165, 1.54) is 6.92 Å². The Bertz CT molecular complexity index is 627. The van der Waals surface area contributed by atoms with Gasteiger partial charge in [0.05, 0.1) is 26.0 Å². The molecule has 0 fully saturated rings. The van der Waals surface area contributed by atoms with Crippen molar-refractivity contribution in [3.63, 3.8) is 0 Å². The van der Waals surface area contributed by atoms with E-state index in [4.69, 9.17) is 4.74 Å². The number of nitrogens with one attached hydrogen (secondary N) is 1. The lowest BCUT2D eigenvalue weighted by atomic mass is 10.2. The van der Waals surface area contributed by atoms with Gasteiger partial charge in [-0.3, -0.25) is 0 Å². The third kappa shape index (κ3) is 4.92. The van der Waals surface area contributed by atoms with E-state index in [0.717, 1.165) is 32.6 Å². The first-order valence-corrected chi connectivity index (χ1v) is 6.74. The number of esters is 2. The number of hydrogen-bond donors (Lipinski definition) is 2. The zero-order valence-electron chi connectivity index (χ0n) is 13.3. The molecule has 0 aliphatic carbocycles. The minimum Gasteiger partial charge on any atom is -0.486 e. The van der Waals surface area contributed by atoms with Gasteiger partial charge in [0.25, 0.3) is 0 Å². The van der Waals surface area contributed by atoms with Crippen LogP contribution in [0.15, 0.2) is 23.9 Å². The molecule has 132 valence electrons. The number of benzene rings is 1. The van der Waals surface area contributed by atoms with Crippen LogP contribution in [0, 0.1) is 11.6 Å². The first kappa shape index (κ1) is 19.4. The van der Waals surface area contributed by atoms with E-state index in [9.17, 15) is 23.5 Å². The Morgan fingerprint density at radius 1 is 1.25 bits per heavy atom. The van der Waals surface area contributed by atoms with Crippen LogP contribution in [0.1, 0.15) is 6.92 Å². The molecule has 24 heavy (non-hydrogen) atoms. The summed E-state index contributed by atoms with van der Waals surface area (Å²) < 4.78 is 41.1. The molecule has 7 nitrogen and oxygen atoms in total. The molecule has 1 aromatic rings. The van der Waals surface area contributed by atoms with Gasteiger partial charge in [-0.15, -0.1) is 0 Å². The fourth-order valence-corrected chi connectivity index (χ4v) is 1.56. The molecule has 1 aromatic carbocycles. The van der Waals surface area contributed by atoms with E-state index < -0.39 is 41.0 Å². The summed E-state index contributed by atoms with van der Waals surface area (Å²) in [6.45, 7) is 1.11. The highest BCUT2D eigenvalue weighted by molar-refractivity contribution is 6.14. The molecular weight excluding hydrogens is 328 g/mol. The van der Waals surface area contributed by atoms with Crippen molar-refractivity contribution in [2.75, 3.05) is 26.1 Å². The van der Waals surface area contributed by atoms with E-state index >= 15 is 0 Å². The van der Waals surface area contributed by atoms with Crippen molar-refractivity contribution < 1.29 is 37.7 Å². The van der Waals surface area contributed by atoms with E-state index in [1.807, 2.05) is 0 Å². The molecule has 9 heteroatoms. The molecule has 0 amide bonds. The first-order chi connectivity index (χ1) is 11.3. The van der Waals surface area contributed by atoms with Crippen LogP contribution < -0.4 is 10.1 Å². The van der Waals surface area contributed by atoms with Crippen LogP contribution in [-0.4, -0.2) is 44.0 Å². The Balaban J connectivity index is 3.16. The predicted octanol–water partition coefficient (Wildman–Crippen LogP) is 1.37. The van der Waals surface area contributed by atoms with E-state index in [0.29, 0.717) is 0 Å². The van der Waals surface area contributed by atoms with Crippen LogP contribution in [0.5, 0.6) is 5.75 Å². The van der Waals surface area contributed by atoms with Crippen molar-refractivity contribution in [3.8, 4) is 5.75 Å². The van der Waals surface area contributed by atoms with Gasteiger partial charge >= 0.3 is 11.9 Å². The molecule has 2 N–H and O–H groups in total. The monoisotopic (exact) mass is 345 g/mol. The van der Waals surface area contributed by atoms with Crippen molar-refractivity contribution in [2.24, 2.45) is 0 Å². The number of rotatable bonds is 7. The van der Waals surface area contributed by atoms with Crippen molar-refractivity contribution in [3.05, 3.63) is 35.5 Å². The zero-order valence-corrected chi connectivity index (χ0v) is 13.3. The molecule has 0 heterocycles. The van der Waals surface area contributed by atoms with Gasteiger partial charge < -0.3 is 24.6 Å².